The number of anilines is 1. The van der Waals surface area contributed by atoms with Gasteiger partial charge in [-0.25, -0.2) is 0 Å². The Kier molecular flexibility index (Phi) is 3.29. The molecule has 0 bridgehead atoms. The molecule has 78 valence electrons. The van der Waals surface area contributed by atoms with Gasteiger partial charge in [0.15, 0.2) is 5.82 Å². The first-order valence-corrected chi connectivity index (χ1v) is 6.05. The number of hydrogen-bond donors (Lipinski definition) is 1. The Labute approximate surface area is 87.8 Å². The Morgan fingerprint density at radius 1 is 1.50 bits per heavy atom. The zero-order valence-corrected chi connectivity index (χ0v) is 9.14. The predicted octanol–water partition coefficient (Wildman–Crippen LogP) is 2.29. The molecule has 2 rings (SSSR count). The maximum absolute atomic E-state index is 4.94. The van der Waals surface area contributed by atoms with Gasteiger partial charge in [0.1, 0.15) is 0 Å². The summed E-state index contributed by atoms with van der Waals surface area (Å²) in [4.78, 5) is 4.18. The van der Waals surface area contributed by atoms with Gasteiger partial charge in [0.25, 0.3) is 0 Å². The first kappa shape index (κ1) is 9.83. The molecule has 0 saturated heterocycles. The van der Waals surface area contributed by atoms with Crippen molar-refractivity contribution < 1.29 is 4.52 Å². The van der Waals surface area contributed by atoms with Gasteiger partial charge < -0.3 is 9.84 Å². The summed E-state index contributed by atoms with van der Waals surface area (Å²) < 4.78 is 4.94. The van der Waals surface area contributed by atoms with Crippen LogP contribution in [0.1, 0.15) is 31.5 Å². The molecule has 0 aromatic carbocycles. The molecule has 1 N–H and O–H groups in total. The largest absolute Gasteiger partial charge is 0.341 e. The quantitative estimate of drug-likeness (QED) is 0.831. The molecule has 0 radical (unpaired) electrons. The van der Waals surface area contributed by atoms with Gasteiger partial charge in [-0.05, 0) is 12.8 Å². The van der Waals surface area contributed by atoms with Crippen LogP contribution in [-0.4, -0.2) is 22.4 Å². The molecule has 5 heteroatoms. The van der Waals surface area contributed by atoms with Crippen molar-refractivity contribution in [2.24, 2.45) is 0 Å². The molecule has 0 spiro atoms. The summed E-state index contributed by atoms with van der Waals surface area (Å²) in [5.74, 6) is 1.67. The summed E-state index contributed by atoms with van der Waals surface area (Å²) in [5.41, 5.74) is 0. The highest BCUT2D eigenvalue weighted by Crippen LogP contribution is 2.31. The van der Waals surface area contributed by atoms with Crippen molar-refractivity contribution in [3.8, 4) is 0 Å². The van der Waals surface area contributed by atoms with Crippen LogP contribution < -0.4 is 5.32 Å². The van der Waals surface area contributed by atoms with Crippen LogP contribution in [0.25, 0.3) is 0 Å². The normalized spacial score (nSPS) is 17.5. The second-order valence-electron chi connectivity index (χ2n) is 3.48. The minimum atomic E-state index is 0.507. The third kappa shape index (κ3) is 2.41. The molecule has 0 unspecified atom stereocenters. The lowest BCUT2D eigenvalue weighted by atomic mass is 10.4. The van der Waals surface area contributed by atoms with Crippen molar-refractivity contribution in [1.82, 2.24) is 10.1 Å². The average Bonchev–Trinajstić information content (AvgIpc) is 2.86. The molecular formula is C9H15N3OS. The van der Waals surface area contributed by atoms with E-state index >= 15 is 0 Å². The fraction of sp³-hybridized carbons (Fsp3) is 0.778. The Balaban J connectivity index is 1.79. The van der Waals surface area contributed by atoms with Gasteiger partial charge in [0.2, 0.25) is 0 Å². The Hall–Kier alpha value is -0.710. The Morgan fingerprint density at radius 3 is 2.93 bits per heavy atom. The molecule has 0 aliphatic heterocycles. The van der Waals surface area contributed by atoms with Gasteiger partial charge in [0, 0.05) is 12.3 Å². The molecule has 1 aliphatic rings. The average molecular weight is 213 g/mol. The second kappa shape index (κ2) is 4.68. The van der Waals surface area contributed by atoms with Crippen LogP contribution >= 0.6 is 11.8 Å². The van der Waals surface area contributed by atoms with Crippen molar-refractivity contribution in [3.05, 3.63) is 5.82 Å². The summed E-state index contributed by atoms with van der Waals surface area (Å²) in [7, 11) is 1.78. The fourth-order valence-electron chi connectivity index (χ4n) is 1.66. The topological polar surface area (TPSA) is 51.0 Å². The third-order valence-corrected chi connectivity index (χ3v) is 3.80. The van der Waals surface area contributed by atoms with Gasteiger partial charge in [-0.1, -0.05) is 18.0 Å². The highest BCUT2D eigenvalue weighted by Gasteiger charge is 2.16. The molecule has 1 aromatic heterocycles. The standard InChI is InChI=1S/C9H15N3OS/c1-10-9-11-8(12-13-9)6-14-7-4-2-3-5-7/h7H,2-6H2,1H3,(H,10,11,12). The molecular weight excluding hydrogens is 198 g/mol. The first-order valence-electron chi connectivity index (χ1n) is 5.00. The third-order valence-electron chi connectivity index (χ3n) is 2.43. The van der Waals surface area contributed by atoms with E-state index in [0.717, 1.165) is 16.8 Å². The minimum absolute atomic E-state index is 0.507. The first-order chi connectivity index (χ1) is 6.88. The molecule has 0 amide bonds. The van der Waals surface area contributed by atoms with Gasteiger partial charge in [-0.15, -0.1) is 0 Å². The highest BCUT2D eigenvalue weighted by atomic mass is 32.2. The number of nitrogens with one attached hydrogen (secondary N) is 1. The van der Waals surface area contributed by atoms with Gasteiger partial charge in [-0.2, -0.15) is 16.7 Å². The lowest BCUT2D eigenvalue weighted by molar-refractivity contribution is 0.427. The van der Waals surface area contributed by atoms with Crippen LogP contribution in [0.3, 0.4) is 0 Å². The molecule has 1 saturated carbocycles. The maximum atomic E-state index is 4.94. The van der Waals surface area contributed by atoms with Crippen molar-refractivity contribution in [2.75, 3.05) is 12.4 Å². The van der Waals surface area contributed by atoms with Gasteiger partial charge >= 0.3 is 6.01 Å². The minimum Gasteiger partial charge on any atom is -0.341 e. The van der Waals surface area contributed by atoms with E-state index in [1.165, 1.54) is 25.7 Å². The van der Waals surface area contributed by atoms with E-state index in [1.54, 1.807) is 7.05 Å². The summed E-state index contributed by atoms with van der Waals surface area (Å²) in [6.45, 7) is 0. The predicted molar refractivity (Wildman–Crippen MR) is 57.4 cm³/mol. The van der Waals surface area contributed by atoms with Crippen molar-refractivity contribution in [3.63, 3.8) is 0 Å². The summed E-state index contributed by atoms with van der Waals surface area (Å²) in [5, 5.41) is 7.52. The molecule has 1 aromatic rings. The van der Waals surface area contributed by atoms with Crippen LogP contribution in [0, 0.1) is 0 Å². The Bertz CT molecular complexity index is 283. The molecule has 0 atom stereocenters. The number of hydrogen-bond acceptors (Lipinski definition) is 5. The SMILES string of the molecule is CNc1nc(CSC2CCCC2)no1. The smallest absolute Gasteiger partial charge is 0.321 e. The zero-order valence-electron chi connectivity index (χ0n) is 8.32. The van der Waals surface area contributed by atoms with Crippen LogP contribution in [0.15, 0.2) is 4.52 Å². The monoisotopic (exact) mass is 213 g/mol. The Morgan fingerprint density at radius 2 is 2.29 bits per heavy atom. The number of thioether (sulfide) groups is 1. The van der Waals surface area contributed by atoms with Crippen molar-refractivity contribution in [1.29, 1.82) is 0 Å². The molecule has 1 heterocycles. The highest BCUT2D eigenvalue weighted by molar-refractivity contribution is 7.99. The molecule has 1 fully saturated rings. The van der Waals surface area contributed by atoms with Crippen molar-refractivity contribution in [2.45, 2.75) is 36.7 Å². The number of rotatable bonds is 4. The number of nitrogens with zero attached hydrogens (tertiary/aromatic N) is 2. The second-order valence-corrected chi connectivity index (χ2v) is 4.77. The van der Waals surface area contributed by atoms with Crippen LogP contribution in [-0.2, 0) is 5.75 Å². The van der Waals surface area contributed by atoms with E-state index in [1.807, 2.05) is 11.8 Å². The molecule has 4 nitrogen and oxygen atoms in total. The van der Waals surface area contributed by atoms with E-state index in [9.17, 15) is 0 Å². The van der Waals surface area contributed by atoms with Crippen molar-refractivity contribution >= 4 is 17.8 Å². The van der Waals surface area contributed by atoms with Crippen LogP contribution in [0.5, 0.6) is 0 Å². The molecule has 1 aliphatic carbocycles. The van der Waals surface area contributed by atoms with E-state index in [2.05, 4.69) is 15.5 Å². The van der Waals surface area contributed by atoms with Gasteiger partial charge in [-0.3, -0.25) is 0 Å². The van der Waals surface area contributed by atoms with E-state index in [4.69, 9.17) is 4.52 Å². The maximum Gasteiger partial charge on any atom is 0.321 e. The van der Waals surface area contributed by atoms with Gasteiger partial charge in [0.05, 0.1) is 5.75 Å². The van der Waals surface area contributed by atoms with E-state index in [-0.39, 0.29) is 0 Å². The summed E-state index contributed by atoms with van der Waals surface area (Å²) in [6.07, 6.45) is 5.46. The molecule has 14 heavy (non-hydrogen) atoms. The lowest BCUT2D eigenvalue weighted by Crippen LogP contribution is -1.96. The van der Waals surface area contributed by atoms with Crippen LogP contribution in [0.2, 0.25) is 0 Å². The lowest BCUT2D eigenvalue weighted by Gasteiger charge is -2.04. The summed E-state index contributed by atoms with van der Waals surface area (Å²) in [6, 6.07) is 0.507. The summed E-state index contributed by atoms with van der Waals surface area (Å²) >= 11 is 1.95. The fourth-order valence-corrected chi connectivity index (χ4v) is 2.83. The van der Waals surface area contributed by atoms with E-state index in [0.29, 0.717) is 6.01 Å². The van der Waals surface area contributed by atoms with Crippen LogP contribution in [0.4, 0.5) is 6.01 Å². The number of aromatic nitrogens is 2. The van der Waals surface area contributed by atoms with E-state index < -0.39 is 0 Å². The zero-order chi connectivity index (χ0) is 9.80.